The second kappa shape index (κ2) is 9.72. The molecule has 1 heterocycles. The minimum Gasteiger partial charge on any atom is -0.436 e. The molecule has 0 aliphatic carbocycles. The Hall–Kier alpha value is -3.23. The van der Waals surface area contributed by atoms with Crippen molar-refractivity contribution < 1.29 is 24.6 Å². The number of fused-ring (bicyclic) bond motifs is 1. The molecule has 0 aliphatic heterocycles. The lowest BCUT2D eigenvalue weighted by molar-refractivity contribution is -0.707. The Kier molecular flexibility index (Phi) is 7.19. The predicted octanol–water partition coefficient (Wildman–Crippen LogP) is 2.10. The van der Waals surface area contributed by atoms with Gasteiger partial charge in [0, 0.05) is 16.9 Å². The van der Waals surface area contributed by atoms with Gasteiger partial charge in [-0.2, -0.15) is 0 Å². The molecule has 8 nitrogen and oxygen atoms in total. The molecule has 3 aromatic rings. The fourth-order valence-corrected chi connectivity index (χ4v) is 3.05. The van der Waals surface area contributed by atoms with E-state index in [1.807, 2.05) is 34.9 Å². The molecule has 3 rings (SSSR count). The van der Waals surface area contributed by atoms with Crippen molar-refractivity contribution in [2.45, 2.75) is 52.6 Å². The van der Waals surface area contributed by atoms with Crippen LogP contribution in [0.4, 0.5) is 11.4 Å². The van der Waals surface area contributed by atoms with Crippen LogP contribution >= 0.6 is 0 Å². The van der Waals surface area contributed by atoms with Crippen LogP contribution in [0.1, 0.15) is 41.5 Å². The molecule has 0 radical (unpaired) electrons. The first-order valence-corrected chi connectivity index (χ1v) is 11.2. The second-order valence-corrected chi connectivity index (χ2v) is 10.4. The Morgan fingerprint density at radius 3 is 1.88 bits per heavy atom. The van der Waals surface area contributed by atoms with Crippen molar-refractivity contribution in [3.8, 4) is 11.5 Å². The molecule has 0 saturated carbocycles. The molecule has 1 aromatic heterocycles. The zero-order valence-corrected chi connectivity index (χ0v) is 20.3. The van der Waals surface area contributed by atoms with E-state index in [4.69, 9.17) is 4.42 Å². The minimum atomic E-state index is -0.0641. The Labute approximate surface area is 194 Å². The number of carbonyl (C=O) groups is 2. The summed E-state index contributed by atoms with van der Waals surface area (Å²) in [6.45, 7) is 13.1. The third-order valence-electron chi connectivity index (χ3n) is 4.89. The van der Waals surface area contributed by atoms with Gasteiger partial charge in [0.25, 0.3) is 11.8 Å². The summed E-state index contributed by atoms with van der Waals surface area (Å²) in [6.07, 6.45) is 0. The topological polar surface area (TPSA) is 117 Å². The average Bonchev–Trinajstić information content (AvgIpc) is 3.14. The molecule has 8 heteroatoms. The zero-order valence-electron chi connectivity index (χ0n) is 20.3. The zero-order chi connectivity index (χ0) is 24.2. The lowest BCUT2D eigenvalue weighted by atomic mass is 10.1. The van der Waals surface area contributed by atoms with Crippen molar-refractivity contribution in [1.29, 1.82) is 0 Å². The van der Waals surface area contributed by atoms with Gasteiger partial charge < -0.3 is 25.7 Å². The summed E-state index contributed by atoms with van der Waals surface area (Å²) in [5.41, 5.74) is 3.50. The highest BCUT2D eigenvalue weighted by Crippen LogP contribution is 2.27. The molecule has 0 fully saturated rings. The number of amides is 2. The molecule has 0 bridgehead atoms. The normalized spacial score (nSPS) is 12.1. The predicted molar refractivity (Wildman–Crippen MR) is 130 cm³/mol. The van der Waals surface area contributed by atoms with Gasteiger partial charge in [-0.1, -0.05) is 0 Å². The van der Waals surface area contributed by atoms with Crippen molar-refractivity contribution in [2.24, 2.45) is 0 Å². The van der Waals surface area contributed by atoms with Crippen molar-refractivity contribution in [1.82, 2.24) is 4.98 Å². The molecule has 0 atom stereocenters. The van der Waals surface area contributed by atoms with E-state index in [2.05, 4.69) is 57.2 Å². The number of hydrogen-bond donors (Lipinski definition) is 4. The van der Waals surface area contributed by atoms with Crippen LogP contribution in [0.15, 0.2) is 46.9 Å². The van der Waals surface area contributed by atoms with Crippen molar-refractivity contribution in [3.63, 3.8) is 0 Å². The van der Waals surface area contributed by atoms with E-state index in [9.17, 15) is 9.59 Å². The summed E-state index contributed by atoms with van der Waals surface area (Å²) < 4.78 is 5.88. The SMILES string of the molecule is CC(C)(C)[NH2+]CC(=O)Nc1ccc(-c2nc3cc(NC(=O)C[NH2+]C(C)(C)C)ccc3o2)cc1. The lowest BCUT2D eigenvalue weighted by Gasteiger charge is -2.16. The molecule has 0 unspecified atom stereocenters. The minimum absolute atomic E-state index is 0.00169. The number of nitrogens with one attached hydrogen (secondary N) is 2. The second-order valence-electron chi connectivity index (χ2n) is 10.4. The van der Waals surface area contributed by atoms with Gasteiger partial charge in [-0.15, -0.1) is 0 Å². The summed E-state index contributed by atoms with van der Waals surface area (Å²) in [4.78, 5) is 28.9. The highest BCUT2D eigenvalue weighted by molar-refractivity contribution is 5.94. The Morgan fingerprint density at radius 2 is 1.33 bits per heavy atom. The molecule has 6 N–H and O–H groups in total. The van der Waals surface area contributed by atoms with E-state index in [0.717, 1.165) is 11.3 Å². The molecule has 2 aromatic carbocycles. The summed E-state index contributed by atoms with van der Waals surface area (Å²) in [5, 5.41) is 9.79. The highest BCUT2D eigenvalue weighted by Gasteiger charge is 2.17. The van der Waals surface area contributed by atoms with Crippen LogP contribution in [0.2, 0.25) is 0 Å². The van der Waals surface area contributed by atoms with Gasteiger partial charge in [0.15, 0.2) is 18.7 Å². The fraction of sp³-hybridized carbons (Fsp3) is 0.400. The van der Waals surface area contributed by atoms with Crippen LogP contribution in [0.25, 0.3) is 22.6 Å². The van der Waals surface area contributed by atoms with Crippen molar-refractivity contribution in [2.75, 3.05) is 23.7 Å². The van der Waals surface area contributed by atoms with Crippen LogP contribution in [0.3, 0.4) is 0 Å². The quantitative estimate of drug-likeness (QED) is 0.438. The largest absolute Gasteiger partial charge is 0.436 e. The number of nitrogens with zero attached hydrogens (tertiary/aromatic N) is 1. The van der Waals surface area contributed by atoms with Crippen LogP contribution in [-0.4, -0.2) is 41.0 Å². The maximum atomic E-state index is 12.2. The van der Waals surface area contributed by atoms with E-state index in [0.29, 0.717) is 35.8 Å². The number of hydrogen-bond acceptors (Lipinski definition) is 4. The van der Waals surface area contributed by atoms with Crippen LogP contribution in [0, 0.1) is 0 Å². The average molecular weight is 454 g/mol. The number of nitrogens with two attached hydrogens (primary N) is 2. The van der Waals surface area contributed by atoms with Crippen LogP contribution in [-0.2, 0) is 9.59 Å². The van der Waals surface area contributed by atoms with Gasteiger partial charge in [-0.05, 0) is 84.0 Å². The number of quaternary nitrogens is 2. The maximum absolute atomic E-state index is 12.2. The Balaban J connectivity index is 1.64. The summed E-state index contributed by atoms with van der Waals surface area (Å²) >= 11 is 0. The summed E-state index contributed by atoms with van der Waals surface area (Å²) in [5.74, 6) is 0.369. The molecule has 0 saturated heterocycles. The Bertz CT molecular complexity index is 1120. The smallest absolute Gasteiger partial charge is 0.279 e. The van der Waals surface area contributed by atoms with E-state index in [1.165, 1.54) is 0 Å². The number of benzene rings is 2. The molecule has 0 spiro atoms. The highest BCUT2D eigenvalue weighted by atomic mass is 16.3. The summed E-state index contributed by atoms with van der Waals surface area (Å²) in [6, 6.07) is 12.8. The maximum Gasteiger partial charge on any atom is 0.279 e. The van der Waals surface area contributed by atoms with E-state index in [1.54, 1.807) is 18.2 Å². The first-order chi connectivity index (χ1) is 15.4. The lowest BCUT2D eigenvalue weighted by Crippen LogP contribution is -2.95. The molecule has 33 heavy (non-hydrogen) atoms. The number of aromatic nitrogens is 1. The Morgan fingerprint density at radius 1 is 0.818 bits per heavy atom. The first-order valence-electron chi connectivity index (χ1n) is 11.2. The monoisotopic (exact) mass is 453 g/mol. The van der Waals surface area contributed by atoms with Gasteiger partial charge in [0.05, 0.1) is 11.1 Å². The van der Waals surface area contributed by atoms with Crippen LogP contribution in [0.5, 0.6) is 0 Å². The van der Waals surface area contributed by atoms with Crippen LogP contribution < -0.4 is 21.3 Å². The van der Waals surface area contributed by atoms with Gasteiger partial charge in [0.1, 0.15) is 5.52 Å². The third kappa shape index (κ3) is 7.69. The standard InChI is InChI=1S/C25H33N5O3/c1-24(2,3)26-14-21(31)28-17-9-7-16(8-10-17)23-30-19-13-18(11-12-20(19)33-23)29-22(32)15-27-25(4,5)6/h7-13,26-27H,14-15H2,1-6H3,(H,28,31)(H,29,32)/p+2. The van der Waals surface area contributed by atoms with Gasteiger partial charge >= 0.3 is 0 Å². The van der Waals surface area contributed by atoms with Crippen molar-refractivity contribution >= 4 is 34.3 Å². The fourth-order valence-electron chi connectivity index (χ4n) is 3.05. The molecule has 2 amide bonds. The van der Waals surface area contributed by atoms with Gasteiger partial charge in [-0.3, -0.25) is 9.59 Å². The van der Waals surface area contributed by atoms with E-state index < -0.39 is 0 Å². The number of oxazole rings is 1. The number of carbonyl (C=O) groups excluding carboxylic acids is 2. The number of rotatable bonds is 7. The van der Waals surface area contributed by atoms with E-state index in [-0.39, 0.29) is 22.9 Å². The molecular weight excluding hydrogens is 418 g/mol. The third-order valence-corrected chi connectivity index (χ3v) is 4.89. The molecule has 176 valence electrons. The van der Waals surface area contributed by atoms with Gasteiger partial charge in [-0.25, -0.2) is 4.98 Å². The van der Waals surface area contributed by atoms with E-state index >= 15 is 0 Å². The van der Waals surface area contributed by atoms with Gasteiger partial charge in [0.2, 0.25) is 5.89 Å². The molecular formula is C25H35N5O3+2. The van der Waals surface area contributed by atoms with Crippen molar-refractivity contribution in [3.05, 3.63) is 42.5 Å². The first kappa shape index (κ1) is 24.4. The molecule has 0 aliphatic rings. The number of anilines is 2. The summed E-state index contributed by atoms with van der Waals surface area (Å²) in [7, 11) is 0.